The Morgan fingerprint density at radius 2 is 1.82 bits per heavy atom. The first-order valence-corrected chi connectivity index (χ1v) is 14.7. The largest absolute Gasteiger partial charge is 1.00 e. The van der Waals surface area contributed by atoms with Crippen molar-refractivity contribution in [3.05, 3.63) is 35.4 Å². The van der Waals surface area contributed by atoms with Crippen LogP contribution in [-0.4, -0.2) is 44.3 Å². The van der Waals surface area contributed by atoms with Crippen molar-refractivity contribution in [2.24, 2.45) is 34.5 Å². The Morgan fingerprint density at radius 3 is 2.58 bits per heavy atom. The topological polar surface area (TPSA) is 72.4 Å². The number of Topliss-reactive ketones (excluding diaryl/α,β-unsaturated/α-hetero) is 1. The van der Waals surface area contributed by atoms with Crippen LogP contribution >= 0.6 is 0 Å². The summed E-state index contributed by atoms with van der Waals surface area (Å²) < 4.78 is 10.8. The number of carbonyl (C=O) groups is 1. The predicted octanol–water partition coefficient (Wildman–Crippen LogP) is 1.71. The van der Waals surface area contributed by atoms with Crippen molar-refractivity contribution in [2.75, 3.05) is 27.3 Å². The fourth-order valence-corrected chi connectivity index (χ4v) is 9.04. The number of aliphatic hydroxyl groups excluding tert-OH is 1. The molecule has 5 nitrogen and oxygen atoms in total. The molecule has 212 valence electrons. The lowest BCUT2D eigenvalue weighted by Crippen LogP contribution is -3.00. The number of methoxy groups -OCH3 is 2. The molecule has 3 N–H and O–H groups in total. The summed E-state index contributed by atoms with van der Waals surface area (Å²) in [6.45, 7) is 6.79. The quantitative estimate of drug-likeness (QED) is 0.366. The first-order chi connectivity index (χ1) is 17.8. The van der Waals surface area contributed by atoms with E-state index in [-0.39, 0.29) is 35.3 Å². The number of allylic oxidation sites excluding steroid dienone is 1. The molecule has 0 spiro atoms. The lowest BCUT2D eigenvalue weighted by Gasteiger charge is -2.58. The molecule has 3 saturated carbocycles. The highest BCUT2D eigenvalue weighted by Crippen LogP contribution is 2.66. The summed E-state index contributed by atoms with van der Waals surface area (Å²) in [5.74, 6) is 4.40. The third-order valence-corrected chi connectivity index (χ3v) is 11.1. The normalized spacial score (nSPS) is 35.7. The molecule has 0 amide bonds. The SMILES string of the molecule is COc1ccc(CC[NH2+]CCC(=O)C2CCC3C4CC=C5CC(O)CCC5(C)C4CCC23C)cc1OC.[Cl-]. The van der Waals surface area contributed by atoms with Gasteiger partial charge in [0, 0.05) is 12.3 Å². The summed E-state index contributed by atoms with van der Waals surface area (Å²) >= 11 is 0. The van der Waals surface area contributed by atoms with Gasteiger partial charge in [-0.1, -0.05) is 31.6 Å². The van der Waals surface area contributed by atoms with Crippen LogP contribution in [0.4, 0.5) is 0 Å². The van der Waals surface area contributed by atoms with Gasteiger partial charge < -0.3 is 32.3 Å². The molecule has 38 heavy (non-hydrogen) atoms. The van der Waals surface area contributed by atoms with Crippen LogP contribution in [0.15, 0.2) is 29.8 Å². The molecule has 7 atom stereocenters. The minimum atomic E-state index is -0.144. The molecule has 4 aliphatic rings. The molecule has 1 aromatic rings. The third kappa shape index (κ3) is 5.28. The zero-order chi connectivity index (χ0) is 26.2. The van der Waals surface area contributed by atoms with Gasteiger partial charge in [-0.15, -0.1) is 0 Å². The fraction of sp³-hybridized carbons (Fsp3) is 0.719. The highest BCUT2D eigenvalue weighted by molar-refractivity contribution is 5.82. The average molecular weight is 546 g/mol. The zero-order valence-electron chi connectivity index (χ0n) is 23.8. The van der Waals surface area contributed by atoms with Crippen molar-refractivity contribution in [3.63, 3.8) is 0 Å². The summed E-state index contributed by atoms with van der Waals surface area (Å²) in [4.78, 5) is 13.5. The van der Waals surface area contributed by atoms with E-state index in [1.807, 2.05) is 12.1 Å². The van der Waals surface area contributed by atoms with Crippen LogP contribution in [-0.2, 0) is 11.2 Å². The Kier molecular flexibility index (Phi) is 9.21. The number of ether oxygens (including phenoxy) is 2. The van der Waals surface area contributed by atoms with Crippen molar-refractivity contribution in [3.8, 4) is 11.5 Å². The van der Waals surface area contributed by atoms with Crippen LogP contribution in [0.2, 0.25) is 0 Å². The van der Waals surface area contributed by atoms with Gasteiger partial charge in [-0.25, -0.2) is 0 Å². The summed E-state index contributed by atoms with van der Waals surface area (Å²) in [7, 11) is 3.33. The number of carbonyl (C=O) groups excluding carboxylic acids is 1. The number of quaternary nitrogens is 1. The third-order valence-electron chi connectivity index (χ3n) is 11.1. The van der Waals surface area contributed by atoms with Gasteiger partial charge in [0.25, 0.3) is 0 Å². The summed E-state index contributed by atoms with van der Waals surface area (Å²) in [6.07, 6.45) is 12.9. The number of rotatable bonds is 9. The van der Waals surface area contributed by atoms with E-state index in [0.29, 0.717) is 24.0 Å². The van der Waals surface area contributed by atoms with Gasteiger partial charge in [0.15, 0.2) is 11.5 Å². The van der Waals surface area contributed by atoms with E-state index in [1.54, 1.807) is 14.2 Å². The maximum atomic E-state index is 13.5. The molecule has 0 aliphatic heterocycles. The van der Waals surface area contributed by atoms with Crippen LogP contribution in [0.5, 0.6) is 11.5 Å². The molecule has 0 heterocycles. The van der Waals surface area contributed by atoms with E-state index in [1.165, 1.54) is 30.4 Å². The highest BCUT2D eigenvalue weighted by atomic mass is 35.5. The molecule has 5 rings (SSSR count). The Bertz CT molecular complexity index is 1030. The molecular formula is C32H48ClNO4. The van der Waals surface area contributed by atoms with Crippen LogP contribution in [0.3, 0.4) is 0 Å². The molecule has 7 unspecified atom stereocenters. The van der Waals surface area contributed by atoms with Gasteiger partial charge in [0.05, 0.1) is 39.8 Å². The van der Waals surface area contributed by atoms with E-state index in [4.69, 9.17) is 9.47 Å². The lowest BCUT2D eigenvalue weighted by atomic mass is 9.47. The van der Waals surface area contributed by atoms with Gasteiger partial charge in [-0.3, -0.25) is 4.79 Å². The second kappa shape index (κ2) is 11.9. The van der Waals surface area contributed by atoms with E-state index >= 15 is 0 Å². The second-order valence-electron chi connectivity index (χ2n) is 12.9. The summed E-state index contributed by atoms with van der Waals surface area (Å²) in [5.41, 5.74) is 3.21. The van der Waals surface area contributed by atoms with Crippen molar-refractivity contribution in [1.29, 1.82) is 0 Å². The van der Waals surface area contributed by atoms with Crippen molar-refractivity contribution in [1.82, 2.24) is 0 Å². The fourth-order valence-electron chi connectivity index (χ4n) is 9.04. The van der Waals surface area contributed by atoms with E-state index < -0.39 is 0 Å². The molecule has 0 aromatic heterocycles. The van der Waals surface area contributed by atoms with Gasteiger partial charge in [0.1, 0.15) is 5.78 Å². The van der Waals surface area contributed by atoms with Crippen LogP contribution in [0, 0.1) is 34.5 Å². The summed E-state index contributed by atoms with van der Waals surface area (Å²) in [6, 6.07) is 6.10. The first kappa shape index (κ1) is 29.4. The van der Waals surface area contributed by atoms with Crippen molar-refractivity contribution >= 4 is 5.78 Å². The van der Waals surface area contributed by atoms with Gasteiger partial charge in [-0.2, -0.15) is 0 Å². The number of fused-ring (bicyclic) bond motifs is 5. The molecule has 0 bridgehead atoms. The van der Waals surface area contributed by atoms with Gasteiger partial charge in [-0.05, 0) is 97.6 Å². The smallest absolute Gasteiger partial charge is 0.160 e. The Hall–Kier alpha value is -1.56. The number of halogens is 1. The standard InChI is InChI=1S/C32H47NO4.ClH/c1-31-15-11-23(34)20-22(31)6-7-24-25-8-9-27(32(25,2)16-12-26(24)31)28(35)14-18-33-17-13-21-5-10-29(36-3)30(19-21)37-4;/h5-6,10,19,23-27,33-34H,7-9,11-18,20H2,1-4H3;1H. The highest BCUT2D eigenvalue weighted by Gasteiger charge is 2.59. The van der Waals surface area contributed by atoms with Crippen LogP contribution < -0.4 is 27.2 Å². The number of benzene rings is 1. The minimum Gasteiger partial charge on any atom is -1.00 e. The average Bonchev–Trinajstić information content (AvgIpc) is 3.26. The molecule has 0 saturated heterocycles. The van der Waals surface area contributed by atoms with Crippen molar-refractivity contribution in [2.45, 2.75) is 84.2 Å². The Labute approximate surface area is 235 Å². The van der Waals surface area contributed by atoms with E-state index in [9.17, 15) is 9.90 Å². The van der Waals surface area contributed by atoms with Crippen molar-refractivity contribution < 1.29 is 37.1 Å². The number of aliphatic hydroxyl groups is 1. The monoisotopic (exact) mass is 545 g/mol. The Balaban J connectivity index is 0.00000336. The first-order valence-electron chi connectivity index (χ1n) is 14.7. The van der Waals surface area contributed by atoms with Crippen LogP contribution in [0.1, 0.15) is 77.2 Å². The number of hydrogen-bond donors (Lipinski definition) is 2. The van der Waals surface area contributed by atoms with Gasteiger partial charge >= 0.3 is 0 Å². The van der Waals surface area contributed by atoms with E-state index in [2.05, 4.69) is 31.3 Å². The lowest BCUT2D eigenvalue weighted by molar-refractivity contribution is -0.653. The number of hydrogen-bond acceptors (Lipinski definition) is 4. The van der Waals surface area contributed by atoms with Gasteiger partial charge in [0.2, 0.25) is 0 Å². The molecule has 3 fully saturated rings. The minimum absolute atomic E-state index is 0. The summed E-state index contributed by atoms with van der Waals surface area (Å²) in [5, 5.41) is 12.6. The zero-order valence-corrected chi connectivity index (χ0v) is 24.6. The molecule has 0 radical (unpaired) electrons. The number of nitrogens with two attached hydrogens (primary N) is 1. The second-order valence-corrected chi connectivity index (χ2v) is 12.9. The van der Waals surface area contributed by atoms with Crippen LogP contribution in [0.25, 0.3) is 0 Å². The molecular weight excluding hydrogens is 498 g/mol. The maximum absolute atomic E-state index is 13.5. The Morgan fingerprint density at radius 1 is 1.03 bits per heavy atom. The molecule has 6 heteroatoms. The molecule has 4 aliphatic carbocycles. The molecule has 1 aromatic carbocycles. The number of ketones is 1. The predicted molar refractivity (Wildman–Crippen MR) is 146 cm³/mol. The van der Waals surface area contributed by atoms with E-state index in [0.717, 1.165) is 69.0 Å². The maximum Gasteiger partial charge on any atom is 0.160 e.